The standard InChI is InChI=1S/C13H18N2O3/c1-3-13(9-7-5-4-6-8-9)10(16)14-12(18)15(2)11(13)17/h4-8,10-11,16-17H,3H2,1-2H3,(H,14,18). The molecule has 1 aliphatic heterocycles. The van der Waals surface area contributed by atoms with Crippen molar-refractivity contribution in [3.05, 3.63) is 35.9 Å². The number of nitrogens with one attached hydrogen (secondary N) is 1. The predicted molar refractivity (Wildman–Crippen MR) is 66.7 cm³/mol. The van der Waals surface area contributed by atoms with Crippen LogP contribution in [0.3, 0.4) is 0 Å². The van der Waals surface area contributed by atoms with Gasteiger partial charge in [0.1, 0.15) is 12.5 Å². The first-order valence-corrected chi connectivity index (χ1v) is 5.99. The van der Waals surface area contributed by atoms with Crippen LogP contribution in [0.2, 0.25) is 0 Å². The monoisotopic (exact) mass is 250 g/mol. The smallest absolute Gasteiger partial charge is 0.321 e. The zero-order valence-corrected chi connectivity index (χ0v) is 10.5. The van der Waals surface area contributed by atoms with Crippen molar-refractivity contribution in [1.29, 1.82) is 0 Å². The average molecular weight is 250 g/mol. The van der Waals surface area contributed by atoms with Gasteiger partial charge in [-0.1, -0.05) is 37.3 Å². The SMILES string of the molecule is CCC1(c2ccccc2)C(O)NC(=O)N(C)C1O. The number of likely N-dealkylation sites (N-methyl/N-ethyl adjacent to an activating group) is 1. The molecule has 3 atom stereocenters. The highest BCUT2D eigenvalue weighted by Crippen LogP contribution is 2.38. The van der Waals surface area contributed by atoms with Crippen LogP contribution in [0.4, 0.5) is 4.79 Å². The minimum Gasteiger partial charge on any atom is -0.373 e. The number of benzene rings is 1. The van der Waals surface area contributed by atoms with Crippen molar-refractivity contribution in [2.45, 2.75) is 31.2 Å². The molecule has 18 heavy (non-hydrogen) atoms. The number of urea groups is 1. The lowest BCUT2D eigenvalue weighted by molar-refractivity contribution is -0.108. The molecular weight excluding hydrogens is 232 g/mol. The van der Waals surface area contributed by atoms with Crippen LogP contribution in [0.5, 0.6) is 0 Å². The molecule has 0 radical (unpaired) electrons. The molecule has 3 N–H and O–H groups in total. The fourth-order valence-corrected chi connectivity index (χ4v) is 2.58. The second-order valence-corrected chi connectivity index (χ2v) is 4.60. The summed E-state index contributed by atoms with van der Waals surface area (Å²) in [5, 5.41) is 23.1. The fourth-order valence-electron chi connectivity index (χ4n) is 2.58. The molecular formula is C13H18N2O3. The van der Waals surface area contributed by atoms with E-state index in [1.54, 1.807) is 0 Å². The molecule has 2 rings (SSSR count). The van der Waals surface area contributed by atoms with Gasteiger partial charge in [0.15, 0.2) is 0 Å². The quantitative estimate of drug-likeness (QED) is 0.720. The largest absolute Gasteiger partial charge is 0.373 e. The molecule has 1 aliphatic rings. The summed E-state index contributed by atoms with van der Waals surface area (Å²) >= 11 is 0. The van der Waals surface area contributed by atoms with Crippen molar-refractivity contribution in [2.24, 2.45) is 0 Å². The van der Waals surface area contributed by atoms with Gasteiger partial charge in [-0.05, 0) is 12.0 Å². The Morgan fingerprint density at radius 1 is 1.33 bits per heavy atom. The van der Waals surface area contributed by atoms with Crippen LogP contribution in [0.15, 0.2) is 30.3 Å². The van der Waals surface area contributed by atoms with E-state index in [0.717, 1.165) is 5.56 Å². The maximum atomic E-state index is 11.5. The van der Waals surface area contributed by atoms with Crippen molar-refractivity contribution in [3.8, 4) is 0 Å². The van der Waals surface area contributed by atoms with Crippen molar-refractivity contribution in [2.75, 3.05) is 7.05 Å². The predicted octanol–water partition coefficient (Wildman–Crippen LogP) is 0.626. The number of rotatable bonds is 2. The molecule has 1 fully saturated rings. The molecule has 98 valence electrons. The van der Waals surface area contributed by atoms with Crippen molar-refractivity contribution < 1.29 is 15.0 Å². The number of nitrogens with zero attached hydrogens (tertiary/aromatic N) is 1. The zero-order valence-electron chi connectivity index (χ0n) is 10.5. The maximum absolute atomic E-state index is 11.5. The van der Waals surface area contributed by atoms with Gasteiger partial charge in [0.05, 0.1) is 5.41 Å². The molecule has 5 heteroatoms. The average Bonchev–Trinajstić information content (AvgIpc) is 2.39. The molecule has 1 aromatic carbocycles. The Bertz CT molecular complexity index is 437. The third-order valence-corrected chi connectivity index (χ3v) is 3.79. The summed E-state index contributed by atoms with van der Waals surface area (Å²) in [4.78, 5) is 12.8. The number of hydrogen-bond donors (Lipinski definition) is 3. The lowest BCUT2D eigenvalue weighted by Crippen LogP contribution is -2.69. The van der Waals surface area contributed by atoms with Crippen LogP contribution in [0.25, 0.3) is 0 Å². The Kier molecular flexibility index (Phi) is 3.28. The molecule has 1 aromatic rings. The highest BCUT2D eigenvalue weighted by Gasteiger charge is 2.51. The van der Waals surface area contributed by atoms with E-state index >= 15 is 0 Å². The van der Waals surface area contributed by atoms with Gasteiger partial charge in [-0.25, -0.2) is 4.79 Å². The third kappa shape index (κ3) is 1.67. The van der Waals surface area contributed by atoms with E-state index in [9.17, 15) is 15.0 Å². The number of carbonyl (C=O) groups is 1. The summed E-state index contributed by atoms with van der Waals surface area (Å²) in [6, 6.07) is 8.79. The molecule has 2 amide bonds. The molecule has 3 unspecified atom stereocenters. The van der Waals surface area contributed by atoms with Crippen LogP contribution in [-0.4, -0.2) is 40.6 Å². The van der Waals surface area contributed by atoms with Crippen LogP contribution in [0.1, 0.15) is 18.9 Å². The Balaban J connectivity index is 2.51. The zero-order chi connectivity index (χ0) is 13.3. The van der Waals surface area contributed by atoms with Gasteiger partial charge in [-0.3, -0.25) is 0 Å². The Hall–Kier alpha value is -1.59. The first-order chi connectivity index (χ1) is 8.54. The number of carbonyl (C=O) groups excluding carboxylic acids is 1. The maximum Gasteiger partial charge on any atom is 0.321 e. The van der Waals surface area contributed by atoms with E-state index in [4.69, 9.17) is 0 Å². The van der Waals surface area contributed by atoms with E-state index in [0.29, 0.717) is 6.42 Å². The van der Waals surface area contributed by atoms with Crippen LogP contribution in [0, 0.1) is 0 Å². The fraction of sp³-hybridized carbons (Fsp3) is 0.462. The second kappa shape index (κ2) is 4.59. The van der Waals surface area contributed by atoms with Gasteiger partial charge < -0.3 is 20.4 Å². The Morgan fingerprint density at radius 2 is 1.94 bits per heavy atom. The molecule has 0 saturated carbocycles. The first kappa shape index (κ1) is 12.9. The molecule has 1 heterocycles. The topological polar surface area (TPSA) is 72.8 Å². The number of amides is 2. The molecule has 0 spiro atoms. The van der Waals surface area contributed by atoms with Gasteiger partial charge in [-0.15, -0.1) is 0 Å². The van der Waals surface area contributed by atoms with E-state index in [2.05, 4.69) is 5.32 Å². The second-order valence-electron chi connectivity index (χ2n) is 4.60. The number of hydrogen-bond acceptors (Lipinski definition) is 3. The lowest BCUT2D eigenvalue weighted by Gasteiger charge is -2.48. The van der Waals surface area contributed by atoms with Crippen molar-refractivity contribution in [1.82, 2.24) is 10.2 Å². The highest BCUT2D eigenvalue weighted by molar-refractivity contribution is 5.76. The number of aliphatic hydroxyl groups is 2. The summed E-state index contributed by atoms with van der Waals surface area (Å²) in [7, 11) is 1.51. The van der Waals surface area contributed by atoms with Gasteiger partial charge in [0.25, 0.3) is 0 Å². The minimum absolute atomic E-state index is 0.477. The van der Waals surface area contributed by atoms with Crippen molar-refractivity contribution >= 4 is 6.03 Å². The summed E-state index contributed by atoms with van der Waals surface area (Å²) in [5.41, 5.74) is -0.108. The normalized spacial score (nSPS) is 32.2. The lowest BCUT2D eigenvalue weighted by atomic mass is 9.73. The summed E-state index contributed by atoms with van der Waals surface area (Å²) in [6.07, 6.45) is -1.67. The molecule has 0 aliphatic carbocycles. The molecule has 0 bridgehead atoms. The molecule has 0 aromatic heterocycles. The Morgan fingerprint density at radius 3 is 2.50 bits per heavy atom. The Labute approximate surface area is 106 Å². The van der Waals surface area contributed by atoms with Crippen LogP contribution < -0.4 is 5.32 Å². The van der Waals surface area contributed by atoms with E-state index < -0.39 is 23.9 Å². The van der Waals surface area contributed by atoms with Gasteiger partial charge in [0, 0.05) is 7.05 Å². The van der Waals surface area contributed by atoms with E-state index in [1.807, 2.05) is 37.3 Å². The first-order valence-electron chi connectivity index (χ1n) is 5.99. The third-order valence-electron chi connectivity index (χ3n) is 3.79. The van der Waals surface area contributed by atoms with Gasteiger partial charge in [0.2, 0.25) is 0 Å². The van der Waals surface area contributed by atoms with E-state index in [-0.39, 0.29) is 0 Å². The van der Waals surface area contributed by atoms with Crippen LogP contribution in [-0.2, 0) is 5.41 Å². The summed E-state index contributed by atoms with van der Waals surface area (Å²) in [5.74, 6) is 0. The number of aliphatic hydroxyl groups excluding tert-OH is 2. The van der Waals surface area contributed by atoms with Gasteiger partial charge in [-0.2, -0.15) is 0 Å². The van der Waals surface area contributed by atoms with Crippen molar-refractivity contribution in [3.63, 3.8) is 0 Å². The van der Waals surface area contributed by atoms with Gasteiger partial charge >= 0.3 is 6.03 Å². The summed E-state index contributed by atoms with van der Waals surface area (Å²) < 4.78 is 0. The summed E-state index contributed by atoms with van der Waals surface area (Å²) in [6.45, 7) is 1.88. The highest BCUT2D eigenvalue weighted by atomic mass is 16.3. The van der Waals surface area contributed by atoms with Crippen LogP contribution >= 0.6 is 0 Å². The van der Waals surface area contributed by atoms with E-state index in [1.165, 1.54) is 11.9 Å². The minimum atomic E-state index is -1.11. The molecule has 5 nitrogen and oxygen atoms in total. The molecule has 1 saturated heterocycles.